The highest BCUT2D eigenvalue weighted by Gasteiger charge is 2.28. The second-order valence-corrected chi connectivity index (χ2v) is 9.33. The van der Waals surface area contributed by atoms with E-state index in [0.29, 0.717) is 16.4 Å². The van der Waals surface area contributed by atoms with Crippen molar-refractivity contribution in [3.05, 3.63) is 53.0 Å². The van der Waals surface area contributed by atoms with Crippen LogP contribution in [-0.2, 0) is 10.0 Å². The van der Waals surface area contributed by atoms with Crippen LogP contribution in [0.5, 0.6) is 0 Å². The Kier molecular flexibility index (Phi) is 4.77. The molecule has 0 amide bonds. The maximum atomic E-state index is 13.1. The summed E-state index contributed by atoms with van der Waals surface area (Å²) in [5, 5.41) is 6.92. The molecule has 0 saturated heterocycles. The Labute approximate surface area is 161 Å². The van der Waals surface area contributed by atoms with Gasteiger partial charge in [-0.2, -0.15) is 5.10 Å². The van der Waals surface area contributed by atoms with Gasteiger partial charge in [0.1, 0.15) is 10.6 Å². The molecule has 5 nitrogen and oxygen atoms in total. The van der Waals surface area contributed by atoms with Gasteiger partial charge >= 0.3 is 0 Å². The van der Waals surface area contributed by atoms with Crippen molar-refractivity contribution in [1.82, 2.24) is 9.78 Å². The molecule has 0 aliphatic heterocycles. The average molecular weight is 408 g/mol. The molecule has 1 saturated carbocycles. The maximum absolute atomic E-state index is 13.1. The van der Waals surface area contributed by atoms with Crippen LogP contribution in [0.4, 0.5) is 5.69 Å². The molecule has 0 unspecified atom stereocenters. The van der Waals surface area contributed by atoms with Crippen LogP contribution < -0.4 is 4.72 Å². The fourth-order valence-corrected chi connectivity index (χ4v) is 5.51. The van der Waals surface area contributed by atoms with E-state index in [1.54, 1.807) is 30.5 Å². The molecule has 3 aromatic rings. The second-order valence-electron chi connectivity index (χ2n) is 6.32. The summed E-state index contributed by atoms with van der Waals surface area (Å²) in [7, 11) is -3.81. The van der Waals surface area contributed by atoms with E-state index >= 15 is 0 Å². The Morgan fingerprint density at radius 3 is 2.62 bits per heavy atom. The smallest absolute Gasteiger partial charge is 0.265 e. The molecule has 8 heteroatoms. The quantitative estimate of drug-likeness (QED) is 0.633. The van der Waals surface area contributed by atoms with Crippen molar-refractivity contribution < 1.29 is 8.42 Å². The largest absolute Gasteiger partial charge is 0.278 e. The van der Waals surface area contributed by atoms with Crippen molar-refractivity contribution >= 4 is 38.6 Å². The van der Waals surface area contributed by atoms with E-state index in [9.17, 15) is 8.42 Å². The van der Waals surface area contributed by atoms with Gasteiger partial charge in [0.25, 0.3) is 10.0 Å². The number of sulfonamides is 1. The van der Waals surface area contributed by atoms with Crippen LogP contribution in [0, 0.1) is 0 Å². The minimum atomic E-state index is -3.81. The SMILES string of the molecule is O=S(=O)(Nc1ccccc1Cl)c1cn(C2CCCC2)nc1-c1cccs1. The first-order valence-corrected chi connectivity index (χ1v) is 11.2. The molecule has 4 rings (SSSR count). The van der Waals surface area contributed by atoms with Crippen molar-refractivity contribution in [2.24, 2.45) is 0 Å². The molecule has 0 radical (unpaired) electrons. The van der Waals surface area contributed by atoms with Gasteiger partial charge in [-0.3, -0.25) is 9.40 Å². The lowest BCUT2D eigenvalue weighted by atomic mass is 10.3. The number of rotatable bonds is 5. The molecule has 1 aliphatic carbocycles. The molecule has 1 aliphatic rings. The molecule has 136 valence electrons. The van der Waals surface area contributed by atoms with Crippen LogP contribution in [0.15, 0.2) is 52.9 Å². The van der Waals surface area contributed by atoms with Crippen LogP contribution in [-0.4, -0.2) is 18.2 Å². The van der Waals surface area contributed by atoms with Gasteiger partial charge in [0.15, 0.2) is 0 Å². The number of nitrogens with zero attached hydrogens (tertiary/aromatic N) is 2. The first kappa shape index (κ1) is 17.6. The van der Waals surface area contributed by atoms with Crippen LogP contribution in [0.25, 0.3) is 10.6 Å². The minimum absolute atomic E-state index is 0.187. The highest BCUT2D eigenvalue weighted by atomic mass is 35.5. The van der Waals surface area contributed by atoms with Crippen molar-refractivity contribution in [2.45, 2.75) is 36.6 Å². The van der Waals surface area contributed by atoms with Gasteiger partial charge < -0.3 is 0 Å². The summed E-state index contributed by atoms with van der Waals surface area (Å²) >= 11 is 7.60. The number of hydrogen-bond donors (Lipinski definition) is 1. The Hall–Kier alpha value is -1.83. The van der Waals surface area contributed by atoms with Crippen molar-refractivity contribution in [3.63, 3.8) is 0 Å². The van der Waals surface area contributed by atoms with E-state index in [4.69, 9.17) is 11.6 Å². The predicted octanol–water partition coefficient (Wildman–Crippen LogP) is 5.18. The van der Waals surface area contributed by atoms with Crippen LogP contribution in [0.2, 0.25) is 5.02 Å². The fraction of sp³-hybridized carbons (Fsp3) is 0.278. The topological polar surface area (TPSA) is 64.0 Å². The highest BCUT2D eigenvalue weighted by Crippen LogP contribution is 2.35. The van der Waals surface area contributed by atoms with Crippen LogP contribution in [0.1, 0.15) is 31.7 Å². The summed E-state index contributed by atoms with van der Waals surface area (Å²) < 4.78 is 30.6. The zero-order valence-electron chi connectivity index (χ0n) is 13.9. The summed E-state index contributed by atoms with van der Waals surface area (Å²) in [5.74, 6) is 0. The lowest BCUT2D eigenvalue weighted by Crippen LogP contribution is -2.13. The summed E-state index contributed by atoms with van der Waals surface area (Å²) in [6.07, 6.45) is 6.02. The van der Waals surface area contributed by atoms with Gasteiger partial charge in [-0.25, -0.2) is 8.42 Å². The van der Waals surface area contributed by atoms with Crippen molar-refractivity contribution in [3.8, 4) is 10.6 Å². The third-order valence-electron chi connectivity index (χ3n) is 4.56. The zero-order valence-corrected chi connectivity index (χ0v) is 16.3. The number of nitrogens with one attached hydrogen (secondary N) is 1. The molecule has 26 heavy (non-hydrogen) atoms. The molecule has 1 N–H and O–H groups in total. The molecule has 0 bridgehead atoms. The number of hydrogen-bond acceptors (Lipinski definition) is 4. The van der Waals surface area contributed by atoms with Gasteiger partial charge in [-0.1, -0.05) is 42.6 Å². The Morgan fingerprint density at radius 1 is 1.15 bits per heavy atom. The van der Waals surface area contributed by atoms with Crippen LogP contribution >= 0.6 is 22.9 Å². The minimum Gasteiger partial charge on any atom is -0.278 e. The highest BCUT2D eigenvalue weighted by molar-refractivity contribution is 7.92. The lowest BCUT2D eigenvalue weighted by molar-refractivity contribution is 0.467. The van der Waals surface area contributed by atoms with E-state index in [0.717, 1.165) is 30.6 Å². The fourth-order valence-electron chi connectivity index (χ4n) is 3.26. The number of para-hydroxylation sites is 1. The zero-order chi connectivity index (χ0) is 18.1. The average Bonchev–Trinajstić information content (AvgIpc) is 3.37. The van der Waals surface area contributed by atoms with Gasteiger partial charge in [0.05, 0.1) is 21.6 Å². The number of halogens is 1. The Bertz CT molecular complexity index is 1010. The molecule has 1 aromatic carbocycles. The number of benzene rings is 1. The summed E-state index contributed by atoms with van der Waals surface area (Å²) in [6.45, 7) is 0. The number of anilines is 1. The van der Waals surface area contributed by atoms with Crippen LogP contribution in [0.3, 0.4) is 0 Å². The molecule has 0 spiro atoms. The molecule has 0 atom stereocenters. The van der Waals surface area contributed by atoms with Crippen molar-refractivity contribution in [1.29, 1.82) is 0 Å². The van der Waals surface area contributed by atoms with Gasteiger partial charge in [-0.15, -0.1) is 11.3 Å². The van der Waals surface area contributed by atoms with E-state index in [-0.39, 0.29) is 10.9 Å². The van der Waals surface area contributed by atoms with Gasteiger partial charge in [0.2, 0.25) is 0 Å². The second kappa shape index (κ2) is 7.06. The monoisotopic (exact) mass is 407 g/mol. The van der Waals surface area contributed by atoms with E-state index in [1.807, 2.05) is 22.2 Å². The molecular weight excluding hydrogens is 390 g/mol. The van der Waals surface area contributed by atoms with Gasteiger partial charge in [-0.05, 0) is 36.4 Å². The first-order chi connectivity index (χ1) is 12.5. The third-order valence-corrected chi connectivity index (χ3v) is 7.13. The number of aromatic nitrogens is 2. The maximum Gasteiger partial charge on any atom is 0.265 e. The molecule has 2 heterocycles. The number of thiophene rings is 1. The summed E-state index contributed by atoms with van der Waals surface area (Å²) in [5.41, 5.74) is 0.853. The van der Waals surface area contributed by atoms with E-state index in [2.05, 4.69) is 9.82 Å². The Balaban J connectivity index is 1.77. The molecular formula is C18H18ClN3O2S2. The summed E-state index contributed by atoms with van der Waals surface area (Å²) in [4.78, 5) is 1.02. The first-order valence-electron chi connectivity index (χ1n) is 8.45. The molecule has 1 fully saturated rings. The third kappa shape index (κ3) is 3.39. The van der Waals surface area contributed by atoms with E-state index < -0.39 is 10.0 Å². The molecule has 2 aromatic heterocycles. The standard InChI is InChI=1S/C18H18ClN3O2S2/c19-14-8-3-4-9-15(14)21-26(23,24)17-12-22(13-6-1-2-7-13)20-18(17)16-10-5-11-25-16/h3-5,8-13,21H,1-2,6-7H2. The van der Waals surface area contributed by atoms with Gasteiger partial charge in [0, 0.05) is 6.20 Å². The van der Waals surface area contributed by atoms with E-state index in [1.165, 1.54) is 11.3 Å². The predicted molar refractivity (Wildman–Crippen MR) is 105 cm³/mol. The summed E-state index contributed by atoms with van der Waals surface area (Å²) in [6, 6.07) is 10.8. The normalized spacial score (nSPS) is 15.4. The lowest BCUT2D eigenvalue weighted by Gasteiger charge is -2.09. The van der Waals surface area contributed by atoms with Crippen molar-refractivity contribution in [2.75, 3.05) is 4.72 Å². The Morgan fingerprint density at radius 2 is 1.92 bits per heavy atom.